The number of para-hydroxylation sites is 2. The molecule has 0 saturated heterocycles. The highest BCUT2D eigenvalue weighted by Gasteiger charge is 2.09. The van der Waals surface area contributed by atoms with Crippen LogP contribution in [0.15, 0.2) is 53.5 Å². The SMILES string of the molecule is Cc1c(C=Nc2ccccc2F)c2ccccc2n1C. The fourth-order valence-corrected chi connectivity index (χ4v) is 2.40. The normalized spacial score (nSPS) is 11.6. The number of nitrogens with zero attached hydrogens (tertiary/aromatic N) is 2. The molecule has 3 aromatic rings. The maximum absolute atomic E-state index is 13.6. The van der Waals surface area contributed by atoms with E-state index in [1.54, 1.807) is 24.4 Å². The van der Waals surface area contributed by atoms with Crippen molar-refractivity contribution >= 4 is 22.8 Å². The molecule has 1 aromatic heterocycles. The molecule has 2 aromatic carbocycles. The lowest BCUT2D eigenvalue weighted by molar-refractivity contribution is 0.630. The van der Waals surface area contributed by atoms with Crippen LogP contribution in [0.25, 0.3) is 10.9 Å². The van der Waals surface area contributed by atoms with Gasteiger partial charge in [-0.3, -0.25) is 4.99 Å². The number of benzene rings is 2. The first-order valence-corrected chi connectivity index (χ1v) is 6.51. The molecule has 0 aliphatic rings. The Morgan fingerprint density at radius 2 is 1.75 bits per heavy atom. The van der Waals surface area contributed by atoms with Gasteiger partial charge in [-0.1, -0.05) is 30.3 Å². The number of rotatable bonds is 2. The van der Waals surface area contributed by atoms with E-state index in [0.717, 1.165) is 22.2 Å². The Labute approximate surface area is 117 Å². The molecule has 3 heteroatoms. The van der Waals surface area contributed by atoms with Crippen LogP contribution in [0.2, 0.25) is 0 Å². The molecule has 0 fully saturated rings. The van der Waals surface area contributed by atoms with Crippen molar-refractivity contribution in [3.63, 3.8) is 0 Å². The van der Waals surface area contributed by atoms with Crippen LogP contribution in [0.3, 0.4) is 0 Å². The van der Waals surface area contributed by atoms with E-state index in [0.29, 0.717) is 5.69 Å². The van der Waals surface area contributed by atoms with Crippen molar-refractivity contribution in [3.8, 4) is 0 Å². The summed E-state index contributed by atoms with van der Waals surface area (Å²) in [5.74, 6) is -0.304. The first-order chi connectivity index (χ1) is 9.68. The van der Waals surface area contributed by atoms with Crippen molar-refractivity contribution in [2.75, 3.05) is 0 Å². The largest absolute Gasteiger partial charge is 0.347 e. The lowest BCUT2D eigenvalue weighted by Crippen LogP contribution is -1.91. The first-order valence-electron chi connectivity index (χ1n) is 6.51. The van der Waals surface area contributed by atoms with Crippen LogP contribution in [0.4, 0.5) is 10.1 Å². The van der Waals surface area contributed by atoms with Gasteiger partial charge in [-0.15, -0.1) is 0 Å². The minimum Gasteiger partial charge on any atom is -0.347 e. The Morgan fingerprint density at radius 3 is 2.55 bits per heavy atom. The van der Waals surface area contributed by atoms with Gasteiger partial charge < -0.3 is 4.57 Å². The zero-order valence-corrected chi connectivity index (χ0v) is 11.5. The first kappa shape index (κ1) is 12.6. The summed E-state index contributed by atoms with van der Waals surface area (Å²) < 4.78 is 15.7. The minimum absolute atomic E-state index is 0.304. The van der Waals surface area contributed by atoms with Crippen molar-refractivity contribution in [3.05, 3.63) is 65.6 Å². The van der Waals surface area contributed by atoms with E-state index in [1.165, 1.54) is 6.07 Å². The van der Waals surface area contributed by atoms with Crippen LogP contribution >= 0.6 is 0 Å². The topological polar surface area (TPSA) is 17.3 Å². The van der Waals surface area contributed by atoms with Crippen LogP contribution in [-0.4, -0.2) is 10.8 Å². The highest BCUT2D eigenvalue weighted by molar-refractivity contribution is 6.01. The lowest BCUT2D eigenvalue weighted by Gasteiger charge is -1.98. The quantitative estimate of drug-likeness (QED) is 0.613. The number of fused-ring (bicyclic) bond motifs is 1. The summed E-state index contributed by atoms with van der Waals surface area (Å²) in [6.07, 6.45) is 1.75. The molecule has 100 valence electrons. The summed E-state index contributed by atoms with van der Waals surface area (Å²) in [7, 11) is 2.03. The van der Waals surface area contributed by atoms with E-state index in [4.69, 9.17) is 0 Å². The van der Waals surface area contributed by atoms with Gasteiger partial charge in [0, 0.05) is 35.4 Å². The molecule has 0 N–H and O–H groups in total. The average molecular weight is 266 g/mol. The van der Waals surface area contributed by atoms with Crippen LogP contribution < -0.4 is 0 Å². The Morgan fingerprint density at radius 1 is 1.05 bits per heavy atom. The summed E-state index contributed by atoms with van der Waals surface area (Å²) in [5.41, 5.74) is 3.66. The van der Waals surface area contributed by atoms with Gasteiger partial charge in [0.05, 0.1) is 5.69 Å². The number of aromatic nitrogens is 1. The molecule has 0 radical (unpaired) electrons. The molecule has 0 spiro atoms. The van der Waals surface area contributed by atoms with Gasteiger partial charge in [-0.05, 0) is 25.1 Å². The second-order valence-electron chi connectivity index (χ2n) is 4.78. The number of halogens is 1. The smallest absolute Gasteiger partial charge is 0.148 e. The minimum atomic E-state index is -0.304. The van der Waals surface area contributed by atoms with Crippen molar-refractivity contribution in [1.29, 1.82) is 0 Å². The zero-order chi connectivity index (χ0) is 14.1. The number of hydrogen-bond donors (Lipinski definition) is 0. The highest BCUT2D eigenvalue weighted by atomic mass is 19.1. The number of aliphatic imine (C=N–C) groups is 1. The van der Waals surface area contributed by atoms with Crippen molar-refractivity contribution < 1.29 is 4.39 Å². The molecule has 0 saturated carbocycles. The van der Waals surface area contributed by atoms with Crippen LogP contribution in [0, 0.1) is 12.7 Å². The summed E-state index contributed by atoms with van der Waals surface area (Å²) >= 11 is 0. The lowest BCUT2D eigenvalue weighted by atomic mass is 10.1. The van der Waals surface area contributed by atoms with Gasteiger partial charge in [-0.2, -0.15) is 0 Å². The molecule has 3 rings (SSSR count). The van der Waals surface area contributed by atoms with E-state index in [2.05, 4.69) is 21.7 Å². The average Bonchev–Trinajstić information content (AvgIpc) is 2.71. The molecule has 2 nitrogen and oxygen atoms in total. The Balaban J connectivity index is 2.12. The second kappa shape index (κ2) is 4.93. The monoisotopic (exact) mass is 266 g/mol. The van der Waals surface area contributed by atoms with Gasteiger partial charge in [0.15, 0.2) is 0 Å². The van der Waals surface area contributed by atoms with Gasteiger partial charge in [0.1, 0.15) is 5.82 Å². The molecule has 0 atom stereocenters. The third-order valence-electron chi connectivity index (χ3n) is 3.63. The van der Waals surface area contributed by atoms with E-state index in [1.807, 2.05) is 26.1 Å². The van der Waals surface area contributed by atoms with Crippen molar-refractivity contribution in [2.45, 2.75) is 6.92 Å². The second-order valence-corrected chi connectivity index (χ2v) is 4.78. The predicted molar refractivity (Wildman–Crippen MR) is 81.3 cm³/mol. The van der Waals surface area contributed by atoms with E-state index >= 15 is 0 Å². The third kappa shape index (κ3) is 2.01. The Hall–Kier alpha value is -2.42. The maximum Gasteiger partial charge on any atom is 0.148 e. The van der Waals surface area contributed by atoms with Gasteiger partial charge in [-0.25, -0.2) is 4.39 Å². The Bertz CT molecular complexity index is 800. The molecule has 0 unspecified atom stereocenters. The molecule has 0 bridgehead atoms. The predicted octanol–water partition coefficient (Wildman–Crippen LogP) is 4.38. The highest BCUT2D eigenvalue weighted by Crippen LogP contribution is 2.24. The molecule has 0 amide bonds. The van der Waals surface area contributed by atoms with Gasteiger partial charge in [0.2, 0.25) is 0 Å². The fraction of sp³-hybridized carbons (Fsp3) is 0.118. The van der Waals surface area contributed by atoms with Crippen LogP contribution in [-0.2, 0) is 7.05 Å². The van der Waals surface area contributed by atoms with Gasteiger partial charge in [0.25, 0.3) is 0 Å². The molecule has 1 heterocycles. The van der Waals surface area contributed by atoms with Crippen LogP contribution in [0.5, 0.6) is 0 Å². The third-order valence-corrected chi connectivity index (χ3v) is 3.63. The van der Waals surface area contributed by atoms with E-state index < -0.39 is 0 Å². The fourth-order valence-electron chi connectivity index (χ4n) is 2.40. The molecule has 20 heavy (non-hydrogen) atoms. The summed E-state index contributed by atoms with van der Waals surface area (Å²) in [6.45, 7) is 2.04. The standard InChI is InChI=1S/C17H15FN2/c1-12-14(11-19-16-9-5-4-8-15(16)18)13-7-3-6-10-17(13)20(12)2/h3-11H,1-2H3. The van der Waals surface area contributed by atoms with Crippen LogP contribution in [0.1, 0.15) is 11.3 Å². The number of aryl methyl sites for hydroxylation is 1. The van der Waals surface area contributed by atoms with Crippen molar-refractivity contribution in [2.24, 2.45) is 12.0 Å². The van der Waals surface area contributed by atoms with E-state index in [9.17, 15) is 4.39 Å². The maximum atomic E-state index is 13.6. The molecule has 0 aliphatic heterocycles. The zero-order valence-electron chi connectivity index (χ0n) is 11.5. The molecule has 0 aliphatic carbocycles. The summed E-state index contributed by atoms with van der Waals surface area (Å²) in [4.78, 5) is 4.29. The molecular formula is C17H15FN2. The van der Waals surface area contributed by atoms with Crippen molar-refractivity contribution in [1.82, 2.24) is 4.57 Å². The summed E-state index contributed by atoms with van der Waals surface area (Å²) in [5, 5.41) is 1.13. The molecular weight excluding hydrogens is 251 g/mol. The van der Waals surface area contributed by atoms with E-state index in [-0.39, 0.29) is 5.82 Å². The number of hydrogen-bond acceptors (Lipinski definition) is 1. The van der Waals surface area contributed by atoms with Gasteiger partial charge >= 0.3 is 0 Å². The Kier molecular flexibility index (Phi) is 3.11. The summed E-state index contributed by atoms with van der Waals surface area (Å²) in [6, 6.07) is 14.7.